The third-order valence-corrected chi connectivity index (χ3v) is 3.89. The van der Waals surface area contributed by atoms with Crippen LogP contribution in [0.2, 0.25) is 0 Å². The fourth-order valence-electron chi connectivity index (χ4n) is 2.51. The highest BCUT2D eigenvalue weighted by Gasteiger charge is 1.98. The molecule has 0 unspecified atom stereocenters. The highest BCUT2D eigenvalue weighted by Crippen LogP contribution is 2.18. The lowest BCUT2D eigenvalue weighted by atomic mass is 10.0. The fraction of sp³-hybridized carbons (Fsp3) is 0.684. The van der Waals surface area contributed by atoms with Crippen LogP contribution < -0.4 is 5.32 Å². The second-order valence-corrected chi connectivity index (χ2v) is 5.86. The summed E-state index contributed by atoms with van der Waals surface area (Å²) in [5.41, 5.74) is 1.09. The van der Waals surface area contributed by atoms with Gasteiger partial charge < -0.3 is 15.2 Å². The van der Waals surface area contributed by atoms with Crippen molar-refractivity contribution in [3.05, 3.63) is 29.8 Å². The maximum absolute atomic E-state index is 9.58. The number of para-hydroxylation sites is 1. The van der Waals surface area contributed by atoms with Crippen molar-refractivity contribution in [2.24, 2.45) is 0 Å². The molecule has 1 aromatic rings. The molecule has 0 aromatic heterocycles. The maximum atomic E-state index is 9.58. The summed E-state index contributed by atoms with van der Waals surface area (Å²) < 4.78 is 5.01. The second-order valence-electron chi connectivity index (χ2n) is 5.86. The Labute approximate surface area is 136 Å². The number of rotatable bonds is 8. The molecule has 0 saturated carbocycles. The minimum Gasteiger partial charge on any atom is -0.508 e. The summed E-state index contributed by atoms with van der Waals surface area (Å²) in [6, 6.07) is 7.67. The van der Waals surface area contributed by atoms with Crippen LogP contribution in [-0.4, -0.2) is 31.4 Å². The number of ether oxygens (including phenoxy) is 1. The zero-order valence-corrected chi connectivity index (χ0v) is 14.2. The lowest BCUT2D eigenvalue weighted by Gasteiger charge is -2.10. The van der Waals surface area contributed by atoms with E-state index in [4.69, 9.17) is 4.74 Å². The van der Waals surface area contributed by atoms with E-state index in [0.29, 0.717) is 5.75 Å². The molecule has 1 aromatic carbocycles. The molecule has 1 fully saturated rings. The first-order valence-electron chi connectivity index (χ1n) is 8.90. The van der Waals surface area contributed by atoms with Gasteiger partial charge in [-0.15, -0.1) is 0 Å². The van der Waals surface area contributed by atoms with E-state index in [1.54, 1.807) is 6.07 Å². The lowest BCUT2D eigenvalue weighted by molar-refractivity contribution is 0.109. The van der Waals surface area contributed by atoms with Gasteiger partial charge in [-0.1, -0.05) is 63.6 Å². The average molecular weight is 307 g/mol. The summed E-state index contributed by atoms with van der Waals surface area (Å²) in [6.07, 6.45) is 10.3. The SMILES string of the molecule is C1COCCN1.CCCCCCCCCc1ccccc1O. The minimum absolute atomic E-state index is 0.452. The van der Waals surface area contributed by atoms with E-state index in [9.17, 15) is 5.11 Å². The van der Waals surface area contributed by atoms with Crippen LogP contribution in [0.4, 0.5) is 0 Å². The van der Waals surface area contributed by atoms with E-state index in [0.717, 1.165) is 38.3 Å². The molecule has 0 amide bonds. The van der Waals surface area contributed by atoms with Gasteiger partial charge in [-0.25, -0.2) is 0 Å². The monoisotopic (exact) mass is 307 g/mol. The molecule has 0 radical (unpaired) electrons. The Kier molecular flexibility index (Phi) is 11.7. The van der Waals surface area contributed by atoms with Crippen LogP contribution in [-0.2, 0) is 11.2 Å². The topological polar surface area (TPSA) is 41.5 Å². The predicted molar refractivity (Wildman–Crippen MR) is 93.5 cm³/mol. The Morgan fingerprint density at radius 3 is 2.14 bits per heavy atom. The number of aryl methyl sites for hydroxylation is 1. The third kappa shape index (κ3) is 9.80. The summed E-state index contributed by atoms with van der Waals surface area (Å²) in [7, 11) is 0. The molecule has 2 N–H and O–H groups in total. The quantitative estimate of drug-likeness (QED) is 0.704. The van der Waals surface area contributed by atoms with Gasteiger partial charge in [0.1, 0.15) is 5.75 Å². The Bertz CT molecular complexity index is 353. The molecule has 0 aliphatic carbocycles. The van der Waals surface area contributed by atoms with Crippen LogP contribution in [0, 0.1) is 0 Å². The fourth-order valence-corrected chi connectivity index (χ4v) is 2.51. The molecule has 3 nitrogen and oxygen atoms in total. The molecule has 1 aliphatic rings. The molecule has 0 spiro atoms. The number of phenolic OH excluding ortho intramolecular Hbond substituents is 1. The Balaban J connectivity index is 0.000000335. The van der Waals surface area contributed by atoms with Gasteiger partial charge in [0.2, 0.25) is 0 Å². The van der Waals surface area contributed by atoms with E-state index in [1.807, 2.05) is 18.2 Å². The number of benzene rings is 1. The molecule has 1 aliphatic heterocycles. The molecular formula is C19H33NO2. The molecule has 0 bridgehead atoms. The maximum Gasteiger partial charge on any atom is 0.118 e. The van der Waals surface area contributed by atoms with Crippen molar-refractivity contribution in [3.8, 4) is 5.75 Å². The lowest BCUT2D eigenvalue weighted by Crippen LogP contribution is -2.30. The van der Waals surface area contributed by atoms with Gasteiger partial charge in [0, 0.05) is 13.1 Å². The standard InChI is InChI=1S/C15H24O.C4H9NO/c1-2-3-4-5-6-7-8-11-14-12-9-10-13-15(14)16;1-3-6-4-2-5-1/h9-10,12-13,16H,2-8,11H2,1H3;5H,1-4H2. The van der Waals surface area contributed by atoms with Crippen LogP contribution in [0.5, 0.6) is 5.75 Å². The van der Waals surface area contributed by atoms with E-state index >= 15 is 0 Å². The summed E-state index contributed by atoms with van der Waals surface area (Å²) in [6.45, 7) is 6.08. The van der Waals surface area contributed by atoms with Crippen molar-refractivity contribution >= 4 is 0 Å². The zero-order chi connectivity index (χ0) is 15.9. The van der Waals surface area contributed by atoms with E-state index in [1.165, 1.54) is 44.9 Å². The third-order valence-electron chi connectivity index (χ3n) is 3.89. The van der Waals surface area contributed by atoms with Crippen molar-refractivity contribution in [1.82, 2.24) is 5.32 Å². The van der Waals surface area contributed by atoms with E-state index in [2.05, 4.69) is 12.2 Å². The summed E-state index contributed by atoms with van der Waals surface area (Å²) in [5, 5.41) is 12.7. The first-order valence-corrected chi connectivity index (χ1v) is 8.90. The van der Waals surface area contributed by atoms with Crippen molar-refractivity contribution in [2.45, 2.75) is 58.3 Å². The highest BCUT2D eigenvalue weighted by molar-refractivity contribution is 5.31. The van der Waals surface area contributed by atoms with Crippen LogP contribution in [0.25, 0.3) is 0 Å². The first-order chi connectivity index (χ1) is 10.8. The zero-order valence-electron chi connectivity index (χ0n) is 14.2. The predicted octanol–water partition coefficient (Wildman–Crippen LogP) is 4.29. The van der Waals surface area contributed by atoms with Gasteiger partial charge in [0.25, 0.3) is 0 Å². The smallest absolute Gasteiger partial charge is 0.118 e. The van der Waals surface area contributed by atoms with E-state index < -0.39 is 0 Å². The number of phenols is 1. The second kappa shape index (κ2) is 13.6. The largest absolute Gasteiger partial charge is 0.508 e. The van der Waals surface area contributed by atoms with E-state index in [-0.39, 0.29) is 0 Å². The summed E-state index contributed by atoms with van der Waals surface area (Å²) in [5.74, 6) is 0.452. The summed E-state index contributed by atoms with van der Waals surface area (Å²) >= 11 is 0. The Morgan fingerprint density at radius 2 is 1.59 bits per heavy atom. The number of morpholine rings is 1. The van der Waals surface area contributed by atoms with Crippen LogP contribution >= 0.6 is 0 Å². The van der Waals surface area contributed by atoms with Gasteiger partial charge in [0.15, 0.2) is 0 Å². The van der Waals surface area contributed by atoms with Crippen LogP contribution in [0.1, 0.15) is 57.4 Å². The average Bonchev–Trinajstić information content (AvgIpc) is 2.58. The molecule has 0 atom stereocenters. The molecule has 22 heavy (non-hydrogen) atoms. The Hall–Kier alpha value is -1.06. The highest BCUT2D eigenvalue weighted by atomic mass is 16.5. The normalized spacial score (nSPS) is 14.2. The first kappa shape index (κ1) is 19.0. The van der Waals surface area contributed by atoms with Crippen LogP contribution in [0.15, 0.2) is 24.3 Å². The minimum atomic E-state index is 0.452. The number of aromatic hydroxyl groups is 1. The molecule has 1 heterocycles. The van der Waals surface area contributed by atoms with Gasteiger partial charge in [-0.2, -0.15) is 0 Å². The molecule has 2 rings (SSSR count). The van der Waals surface area contributed by atoms with Crippen LogP contribution in [0.3, 0.4) is 0 Å². The van der Waals surface area contributed by atoms with Gasteiger partial charge in [0.05, 0.1) is 13.2 Å². The van der Waals surface area contributed by atoms with Crippen molar-refractivity contribution < 1.29 is 9.84 Å². The number of hydrogen-bond acceptors (Lipinski definition) is 3. The number of unbranched alkanes of at least 4 members (excludes halogenated alkanes) is 6. The molecule has 1 saturated heterocycles. The Morgan fingerprint density at radius 1 is 0.955 bits per heavy atom. The van der Waals surface area contributed by atoms with Crippen molar-refractivity contribution in [2.75, 3.05) is 26.3 Å². The molecule has 3 heteroatoms. The van der Waals surface area contributed by atoms with Crippen molar-refractivity contribution in [3.63, 3.8) is 0 Å². The molecule has 126 valence electrons. The van der Waals surface area contributed by atoms with Gasteiger partial charge in [-0.3, -0.25) is 0 Å². The number of nitrogens with one attached hydrogen (secondary N) is 1. The molecular weight excluding hydrogens is 274 g/mol. The number of hydrogen-bond donors (Lipinski definition) is 2. The van der Waals surface area contributed by atoms with Crippen molar-refractivity contribution in [1.29, 1.82) is 0 Å². The van der Waals surface area contributed by atoms with Gasteiger partial charge >= 0.3 is 0 Å². The van der Waals surface area contributed by atoms with Gasteiger partial charge in [-0.05, 0) is 24.5 Å². The summed E-state index contributed by atoms with van der Waals surface area (Å²) in [4.78, 5) is 0.